The van der Waals surface area contributed by atoms with Gasteiger partial charge >= 0.3 is 0 Å². The standard InChI is InChI=1S/C18H22N2O3/c1-12(2)17-11-20(8-5-9-23-17)18(22)15-10-16(21)13-6-3-4-7-14(13)19-15/h3-4,6-7,10,12,17H,5,8-9,11H2,1-2H3,(H,19,21). The third-order valence-electron chi connectivity index (χ3n) is 4.30. The highest BCUT2D eigenvalue weighted by Crippen LogP contribution is 2.16. The van der Waals surface area contributed by atoms with Crippen molar-refractivity contribution in [3.05, 3.63) is 46.2 Å². The Balaban J connectivity index is 1.91. The van der Waals surface area contributed by atoms with Gasteiger partial charge in [-0.3, -0.25) is 9.59 Å². The first-order chi connectivity index (χ1) is 11.1. The summed E-state index contributed by atoms with van der Waals surface area (Å²) in [6.45, 7) is 6.07. The molecule has 0 aliphatic carbocycles. The number of aromatic amines is 1. The molecular formula is C18H22N2O3. The topological polar surface area (TPSA) is 62.4 Å². The van der Waals surface area contributed by atoms with Crippen molar-refractivity contribution in [2.24, 2.45) is 5.92 Å². The molecule has 5 heteroatoms. The average molecular weight is 314 g/mol. The predicted octanol–water partition coefficient (Wildman–Crippen LogP) is 2.42. The van der Waals surface area contributed by atoms with Crippen LogP contribution in [0, 0.1) is 5.92 Å². The van der Waals surface area contributed by atoms with E-state index in [0.717, 1.165) is 6.42 Å². The maximum absolute atomic E-state index is 12.8. The lowest BCUT2D eigenvalue weighted by Gasteiger charge is -2.26. The number of H-pyrrole nitrogens is 1. The molecular weight excluding hydrogens is 292 g/mol. The Morgan fingerprint density at radius 3 is 2.91 bits per heavy atom. The molecule has 1 atom stereocenters. The first-order valence-electron chi connectivity index (χ1n) is 8.09. The summed E-state index contributed by atoms with van der Waals surface area (Å²) < 4.78 is 5.81. The molecule has 122 valence electrons. The number of hydrogen-bond acceptors (Lipinski definition) is 3. The number of nitrogens with zero attached hydrogens (tertiary/aromatic N) is 1. The van der Waals surface area contributed by atoms with E-state index < -0.39 is 0 Å². The van der Waals surface area contributed by atoms with Crippen molar-refractivity contribution in [2.45, 2.75) is 26.4 Å². The SMILES string of the molecule is CC(C)C1CN(C(=O)c2cc(=O)c3ccccc3[nH]2)CCCO1. The second-order valence-corrected chi connectivity index (χ2v) is 6.35. The number of amides is 1. The van der Waals surface area contributed by atoms with E-state index in [0.29, 0.717) is 42.2 Å². The lowest BCUT2D eigenvalue weighted by atomic mass is 10.1. The van der Waals surface area contributed by atoms with Gasteiger partial charge in [-0.1, -0.05) is 26.0 Å². The molecule has 0 saturated carbocycles. The average Bonchev–Trinajstić information content (AvgIpc) is 2.80. The molecule has 23 heavy (non-hydrogen) atoms. The normalized spacial score (nSPS) is 19.1. The number of pyridine rings is 1. The van der Waals surface area contributed by atoms with Gasteiger partial charge in [-0.2, -0.15) is 0 Å². The molecule has 2 heterocycles. The monoisotopic (exact) mass is 314 g/mol. The fraction of sp³-hybridized carbons (Fsp3) is 0.444. The Morgan fingerprint density at radius 2 is 2.13 bits per heavy atom. The van der Waals surface area contributed by atoms with E-state index in [9.17, 15) is 9.59 Å². The molecule has 3 rings (SSSR count). The van der Waals surface area contributed by atoms with Crippen molar-refractivity contribution in [3.63, 3.8) is 0 Å². The molecule has 1 amide bonds. The first-order valence-corrected chi connectivity index (χ1v) is 8.09. The molecule has 1 fully saturated rings. The van der Waals surface area contributed by atoms with Crippen LogP contribution in [0.1, 0.15) is 30.8 Å². The Kier molecular flexibility index (Phi) is 4.48. The molecule has 1 saturated heterocycles. The summed E-state index contributed by atoms with van der Waals surface area (Å²) in [6, 6.07) is 8.65. The van der Waals surface area contributed by atoms with Crippen molar-refractivity contribution in [2.75, 3.05) is 19.7 Å². The van der Waals surface area contributed by atoms with E-state index in [1.54, 1.807) is 11.0 Å². The quantitative estimate of drug-likeness (QED) is 0.926. The number of ether oxygens (including phenoxy) is 1. The summed E-state index contributed by atoms with van der Waals surface area (Å²) in [6.07, 6.45) is 0.848. The molecule has 1 aliphatic heterocycles. The van der Waals surface area contributed by atoms with Crippen molar-refractivity contribution < 1.29 is 9.53 Å². The molecule has 0 spiro atoms. The molecule has 0 bridgehead atoms. The van der Waals surface area contributed by atoms with Gasteiger partial charge < -0.3 is 14.6 Å². The molecule has 2 aromatic rings. The van der Waals surface area contributed by atoms with Gasteiger partial charge in [0.2, 0.25) is 0 Å². The number of para-hydroxylation sites is 1. The van der Waals surface area contributed by atoms with Gasteiger partial charge in [0.1, 0.15) is 5.69 Å². The largest absolute Gasteiger partial charge is 0.376 e. The minimum absolute atomic E-state index is 0.0358. The maximum atomic E-state index is 12.8. The minimum atomic E-state index is -0.135. The van der Waals surface area contributed by atoms with Gasteiger partial charge in [0.25, 0.3) is 5.91 Å². The summed E-state index contributed by atoms with van der Waals surface area (Å²) in [5.74, 6) is 0.211. The van der Waals surface area contributed by atoms with Crippen molar-refractivity contribution in [1.82, 2.24) is 9.88 Å². The second-order valence-electron chi connectivity index (χ2n) is 6.35. The molecule has 1 aromatic heterocycles. The fourth-order valence-electron chi connectivity index (χ4n) is 2.92. The summed E-state index contributed by atoms with van der Waals surface area (Å²) in [4.78, 5) is 29.9. The maximum Gasteiger partial charge on any atom is 0.270 e. The molecule has 1 unspecified atom stereocenters. The number of hydrogen-bond donors (Lipinski definition) is 1. The van der Waals surface area contributed by atoms with E-state index in [4.69, 9.17) is 4.74 Å². The number of benzene rings is 1. The van der Waals surface area contributed by atoms with E-state index in [1.165, 1.54) is 6.07 Å². The first kappa shape index (κ1) is 15.7. The van der Waals surface area contributed by atoms with Crippen LogP contribution < -0.4 is 5.43 Å². The summed E-state index contributed by atoms with van der Waals surface area (Å²) >= 11 is 0. The molecule has 1 aliphatic rings. The Bertz CT molecular complexity index is 766. The Hall–Kier alpha value is -2.14. The van der Waals surface area contributed by atoms with Crippen molar-refractivity contribution >= 4 is 16.8 Å². The fourth-order valence-corrected chi connectivity index (χ4v) is 2.92. The molecule has 1 aromatic carbocycles. The highest BCUT2D eigenvalue weighted by molar-refractivity contribution is 5.94. The van der Waals surface area contributed by atoms with Crippen LogP contribution >= 0.6 is 0 Å². The van der Waals surface area contributed by atoms with Gasteiger partial charge in [-0.05, 0) is 24.5 Å². The zero-order chi connectivity index (χ0) is 16.4. The number of nitrogens with one attached hydrogen (secondary N) is 1. The van der Waals surface area contributed by atoms with Crippen LogP contribution in [-0.4, -0.2) is 41.6 Å². The summed E-state index contributed by atoms with van der Waals surface area (Å²) in [5, 5.41) is 0.600. The highest BCUT2D eigenvalue weighted by atomic mass is 16.5. The molecule has 0 radical (unpaired) electrons. The lowest BCUT2D eigenvalue weighted by Crippen LogP contribution is -2.39. The van der Waals surface area contributed by atoms with Crippen LogP contribution in [0.2, 0.25) is 0 Å². The van der Waals surface area contributed by atoms with E-state index in [-0.39, 0.29) is 17.4 Å². The zero-order valence-electron chi connectivity index (χ0n) is 13.5. The third kappa shape index (κ3) is 3.29. The lowest BCUT2D eigenvalue weighted by molar-refractivity contribution is 0.0221. The predicted molar refractivity (Wildman–Crippen MR) is 89.7 cm³/mol. The van der Waals surface area contributed by atoms with Crippen LogP contribution in [0.25, 0.3) is 10.9 Å². The Labute approximate surface area is 135 Å². The minimum Gasteiger partial charge on any atom is -0.376 e. The zero-order valence-corrected chi connectivity index (χ0v) is 13.5. The van der Waals surface area contributed by atoms with Crippen LogP contribution in [0.3, 0.4) is 0 Å². The van der Waals surface area contributed by atoms with Crippen LogP contribution in [0.5, 0.6) is 0 Å². The molecule has 1 N–H and O–H groups in total. The van der Waals surface area contributed by atoms with Crippen LogP contribution in [-0.2, 0) is 4.74 Å². The number of aromatic nitrogens is 1. The summed E-state index contributed by atoms with van der Waals surface area (Å²) in [7, 11) is 0. The van der Waals surface area contributed by atoms with Gasteiger partial charge in [-0.25, -0.2) is 0 Å². The van der Waals surface area contributed by atoms with Gasteiger partial charge in [0.05, 0.1) is 6.10 Å². The second kappa shape index (κ2) is 6.54. The van der Waals surface area contributed by atoms with E-state index in [1.807, 2.05) is 18.2 Å². The van der Waals surface area contributed by atoms with Crippen LogP contribution in [0.15, 0.2) is 35.1 Å². The van der Waals surface area contributed by atoms with Crippen molar-refractivity contribution in [1.29, 1.82) is 0 Å². The number of carbonyl (C=O) groups excluding carboxylic acids is 1. The van der Waals surface area contributed by atoms with Gasteiger partial charge in [0.15, 0.2) is 5.43 Å². The van der Waals surface area contributed by atoms with Crippen LogP contribution in [0.4, 0.5) is 0 Å². The van der Waals surface area contributed by atoms with Crippen molar-refractivity contribution in [3.8, 4) is 0 Å². The summed E-state index contributed by atoms with van der Waals surface area (Å²) in [5.41, 5.74) is 0.905. The van der Waals surface area contributed by atoms with E-state index >= 15 is 0 Å². The highest BCUT2D eigenvalue weighted by Gasteiger charge is 2.26. The number of carbonyl (C=O) groups is 1. The third-order valence-corrected chi connectivity index (χ3v) is 4.30. The van der Waals surface area contributed by atoms with E-state index in [2.05, 4.69) is 18.8 Å². The smallest absolute Gasteiger partial charge is 0.270 e. The Morgan fingerprint density at radius 1 is 1.35 bits per heavy atom. The van der Waals surface area contributed by atoms with Gasteiger partial charge in [-0.15, -0.1) is 0 Å². The van der Waals surface area contributed by atoms with Gasteiger partial charge in [0, 0.05) is 36.7 Å². The number of rotatable bonds is 2. The number of fused-ring (bicyclic) bond motifs is 1. The molecule has 5 nitrogen and oxygen atoms in total.